The minimum absolute atomic E-state index is 0.234. The zero-order chi connectivity index (χ0) is 18.3. The Balaban J connectivity index is 2.52. The van der Waals surface area contributed by atoms with E-state index in [-0.39, 0.29) is 5.92 Å². The molecule has 0 saturated heterocycles. The summed E-state index contributed by atoms with van der Waals surface area (Å²) in [5.41, 5.74) is 9.39. The second-order valence-corrected chi connectivity index (χ2v) is 5.42. The Morgan fingerprint density at radius 1 is 1.04 bits per heavy atom. The molecule has 1 aromatic carbocycles. The Hall–Kier alpha value is -2.84. The van der Waals surface area contributed by atoms with Crippen LogP contribution in [0.5, 0.6) is 5.75 Å². The van der Waals surface area contributed by atoms with Gasteiger partial charge in [-0.1, -0.05) is 13.8 Å². The maximum Gasteiger partial charge on any atom is 0.312 e. The second kappa shape index (κ2) is 8.70. The molecule has 1 aromatic rings. The first kappa shape index (κ1) is 19.2. The number of carbonyl (C=O) groups is 3. The third kappa shape index (κ3) is 6.11. The van der Waals surface area contributed by atoms with Crippen molar-refractivity contribution in [3.8, 4) is 5.75 Å². The molecule has 0 bridgehead atoms. The molecule has 0 radical (unpaired) electrons. The van der Waals surface area contributed by atoms with Gasteiger partial charge in [0.15, 0.2) is 6.10 Å². The van der Waals surface area contributed by atoms with Crippen molar-refractivity contribution in [2.24, 2.45) is 11.7 Å². The molecule has 8 nitrogen and oxygen atoms in total. The smallest absolute Gasteiger partial charge is 0.312 e. The van der Waals surface area contributed by atoms with Gasteiger partial charge < -0.3 is 15.8 Å². The average molecular weight is 340 g/mol. The zero-order valence-electron chi connectivity index (χ0n) is 13.6. The molecule has 0 saturated carbocycles. The van der Waals surface area contributed by atoms with E-state index in [1.807, 2.05) is 0 Å². The second-order valence-electron chi connectivity index (χ2n) is 5.42. The standard InChI is InChI=1S/C15H21FN4O4/c1-8(2)12(18-15(17)23)14(22)20-19-13(21)9(3)24-11-6-4-10(16)5-7-11/h4-9,12H,1-3H3,(H,19,21)(H,20,22)(H3,17,18,23)/t9-,12+/m1/s1. The maximum atomic E-state index is 12.8. The number of ether oxygens (including phenoxy) is 1. The third-order valence-electron chi connectivity index (χ3n) is 3.05. The van der Waals surface area contributed by atoms with Crippen molar-refractivity contribution in [2.45, 2.75) is 32.9 Å². The number of primary amides is 1. The molecular formula is C15H21FN4O4. The number of hydrogen-bond acceptors (Lipinski definition) is 4. The molecule has 0 aliphatic carbocycles. The molecule has 0 spiro atoms. The number of urea groups is 1. The Morgan fingerprint density at radius 3 is 2.08 bits per heavy atom. The highest BCUT2D eigenvalue weighted by Gasteiger charge is 2.24. The number of nitrogens with one attached hydrogen (secondary N) is 3. The Labute approximate surface area is 138 Å². The van der Waals surface area contributed by atoms with Crippen molar-refractivity contribution in [3.63, 3.8) is 0 Å². The third-order valence-corrected chi connectivity index (χ3v) is 3.05. The normalized spacial score (nSPS) is 12.9. The molecule has 2 atom stereocenters. The van der Waals surface area contributed by atoms with Crippen LogP contribution in [0.15, 0.2) is 24.3 Å². The van der Waals surface area contributed by atoms with Crippen LogP contribution in [-0.4, -0.2) is 30.0 Å². The maximum absolute atomic E-state index is 12.8. The van der Waals surface area contributed by atoms with Crippen LogP contribution in [0, 0.1) is 11.7 Å². The number of hydrazine groups is 1. The number of halogens is 1. The Kier molecular flexibility index (Phi) is 6.97. The van der Waals surface area contributed by atoms with Crippen LogP contribution < -0.4 is 26.6 Å². The van der Waals surface area contributed by atoms with E-state index in [9.17, 15) is 18.8 Å². The van der Waals surface area contributed by atoms with Gasteiger partial charge in [-0.3, -0.25) is 20.4 Å². The first-order valence-corrected chi connectivity index (χ1v) is 7.28. The van der Waals surface area contributed by atoms with E-state index in [4.69, 9.17) is 10.5 Å². The minimum atomic E-state index is -0.933. The summed E-state index contributed by atoms with van der Waals surface area (Å²) in [5, 5.41) is 2.29. The zero-order valence-corrected chi connectivity index (χ0v) is 13.6. The van der Waals surface area contributed by atoms with Crippen molar-refractivity contribution in [2.75, 3.05) is 0 Å². The fourth-order valence-electron chi connectivity index (χ4n) is 1.76. The largest absolute Gasteiger partial charge is 0.481 e. The molecule has 0 aliphatic rings. The molecule has 4 amide bonds. The number of hydrogen-bond donors (Lipinski definition) is 4. The lowest BCUT2D eigenvalue weighted by Crippen LogP contribution is -2.56. The summed E-state index contributed by atoms with van der Waals surface area (Å²) < 4.78 is 18.1. The average Bonchev–Trinajstić information content (AvgIpc) is 2.51. The molecule has 1 rings (SSSR count). The predicted octanol–water partition coefficient (Wildman–Crippen LogP) is 0.433. The van der Waals surface area contributed by atoms with E-state index in [2.05, 4.69) is 16.2 Å². The highest BCUT2D eigenvalue weighted by Crippen LogP contribution is 2.12. The SMILES string of the molecule is CC(C)[C@H](NC(N)=O)C(=O)NNC(=O)[C@@H](C)Oc1ccc(F)cc1. The molecule has 0 aromatic heterocycles. The summed E-state index contributed by atoms with van der Waals surface area (Å²) >= 11 is 0. The van der Waals surface area contributed by atoms with Crippen LogP contribution in [-0.2, 0) is 9.59 Å². The molecule has 9 heteroatoms. The highest BCUT2D eigenvalue weighted by atomic mass is 19.1. The van der Waals surface area contributed by atoms with Gasteiger partial charge in [0.25, 0.3) is 11.8 Å². The summed E-state index contributed by atoms with van der Waals surface area (Å²) in [6.45, 7) is 4.89. The van der Waals surface area contributed by atoms with E-state index in [0.717, 1.165) is 0 Å². The molecule has 132 valence electrons. The van der Waals surface area contributed by atoms with Gasteiger partial charge >= 0.3 is 6.03 Å². The first-order valence-electron chi connectivity index (χ1n) is 7.28. The summed E-state index contributed by atoms with van der Waals surface area (Å²) in [7, 11) is 0. The molecule has 0 fully saturated rings. The lowest BCUT2D eigenvalue weighted by Gasteiger charge is -2.21. The van der Waals surface area contributed by atoms with Crippen LogP contribution in [0.25, 0.3) is 0 Å². The fourth-order valence-corrected chi connectivity index (χ4v) is 1.76. The number of benzene rings is 1. The van der Waals surface area contributed by atoms with Gasteiger partial charge in [0, 0.05) is 0 Å². The lowest BCUT2D eigenvalue weighted by molar-refractivity contribution is -0.133. The number of carbonyl (C=O) groups excluding carboxylic acids is 3. The number of amides is 4. The van der Waals surface area contributed by atoms with Gasteiger partial charge in [-0.2, -0.15) is 0 Å². The number of rotatable bonds is 6. The minimum Gasteiger partial charge on any atom is -0.481 e. The summed E-state index contributed by atoms with van der Waals surface area (Å²) in [4.78, 5) is 34.8. The van der Waals surface area contributed by atoms with Crippen LogP contribution in [0.2, 0.25) is 0 Å². The Bertz CT molecular complexity index is 592. The number of nitrogens with two attached hydrogens (primary N) is 1. The summed E-state index contributed by atoms with van der Waals surface area (Å²) in [6, 6.07) is 3.42. The molecular weight excluding hydrogens is 319 g/mol. The predicted molar refractivity (Wildman–Crippen MR) is 84.1 cm³/mol. The van der Waals surface area contributed by atoms with E-state index >= 15 is 0 Å². The van der Waals surface area contributed by atoms with E-state index in [1.165, 1.54) is 31.2 Å². The van der Waals surface area contributed by atoms with Gasteiger partial charge in [-0.15, -0.1) is 0 Å². The first-order chi connectivity index (χ1) is 11.2. The highest BCUT2D eigenvalue weighted by molar-refractivity contribution is 5.89. The van der Waals surface area contributed by atoms with Crippen LogP contribution in [0.1, 0.15) is 20.8 Å². The van der Waals surface area contributed by atoms with Crippen molar-refractivity contribution in [1.82, 2.24) is 16.2 Å². The van der Waals surface area contributed by atoms with Gasteiger partial charge in [0.2, 0.25) is 0 Å². The molecule has 5 N–H and O–H groups in total. The van der Waals surface area contributed by atoms with Crippen molar-refractivity contribution < 1.29 is 23.5 Å². The van der Waals surface area contributed by atoms with Crippen molar-refractivity contribution >= 4 is 17.8 Å². The van der Waals surface area contributed by atoms with Crippen molar-refractivity contribution in [3.05, 3.63) is 30.1 Å². The molecule has 0 aliphatic heterocycles. The lowest BCUT2D eigenvalue weighted by atomic mass is 10.0. The van der Waals surface area contributed by atoms with Gasteiger partial charge in [-0.05, 0) is 37.1 Å². The fraction of sp³-hybridized carbons (Fsp3) is 0.400. The van der Waals surface area contributed by atoms with Crippen LogP contribution >= 0.6 is 0 Å². The quantitative estimate of drug-likeness (QED) is 0.561. The summed E-state index contributed by atoms with van der Waals surface area (Å²) in [5.74, 6) is -1.59. The van der Waals surface area contributed by atoms with E-state index < -0.39 is 35.8 Å². The topological polar surface area (TPSA) is 123 Å². The van der Waals surface area contributed by atoms with Gasteiger partial charge in [-0.25, -0.2) is 9.18 Å². The summed E-state index contributed by atoms with van der Waals surface area (Å²) in [6.07, 6.45) is -0.933. The molecule has 0 unspecified atom stereocenters. The van der Waals surface area contributed by atoms with Crippen molar-refractivity contribution in [1.29, 1.82) is 0 Å². The van der Waals surface area contributed by atoms with E-state index in [1.54, 1.807) is 13.8 Å². The molecule has 0 heterocycles. The van der Waals surface area contributed by atoms with E-state index in [0.29, 0.717) is 5.75 Å². The molecule has 24 heavy (non-hydrogen) atoms. The van der Waals surface area contributed by atoms with Gasteiger partial charge in [0.1, 0.15) is 17.6 Å². The van der Waals surface area contributed by atoms with Crippen LogP contribution in [0.4, 0.5) is 9.18 Å². The Morgan fingerprint density at radius 2 is 1.58 bits per heavy atom. The van der Waals surface area contributed by atoms with Crippen LogP contribution in [0.3, 0.4) is 0 Å². The van der Waals surface area contributed by atoms with Gasteiger partial charge in [0.05, 0.1) is 0 Å². The monoisotopic (exact) mass is 340 g/mol.